The van der Waals surface area contributed by atoms with E-state index in [0.717, 1.165) is 11.3 Å². The van der Waals surface area contributed by atoms with Gasteiger partial charge < -0.3 is 0 Å². The fraction of sp³-hybridized carbons (Fsp3) is 0.214. The number of Topliss-reactive ketones (excluding diaryl/α,β-unsaturated/α-hetero) is 1. The van der Waals surface area contributed by atoms with Gasteiger partial charge in [0.25, 0.3) is 0 Å². The number of ketones is 1. The number of rotatable bonds is 3. The van der Waals surface area contributed by atoms with Crippen LogP contribution >= 0.6 is 11.3 Å². The normalized spacial score (nSPS) is 10.4. The van der Waals surface area contributed by atoms with Crippen LogP contribution in [0.2, 0.25) is 0 Å². The fourth-order valence-electron chi connectivity index (χ4n) is 1.63. The predicted octanol–water partition coefficient (Wildman–Crippen LogP) is 4.18. The molecule has 1 aromatic heterocycles. The van der Waals surface area contributed by atoms with Crippen molar-refractivity contribution in [2.45, 2.75) is 20.3 Å². The van der Waals surface area contributed by atoms with Crippen molar-refractivity contribution in [3.8, 4) is 10.4 Å². The molecule has 0 N–H and O–H groups in total. The molecule has 2 rings (SSSR count). The molecule has 0 amide bonds. The smallest absolute Gasteiger partial charge is 0.169 e. The van der Waals surface area contributed by atoms with Gasteiger partial charge in [-0.25, -0.2) is 0 Å². The van der Waals surface area contributed by atoms with Gasteiger partial charge in [-0.3, -0.25) is 4.79 Å². The van der Waals surface area contributed by atoms with Gasteiger partial charge in [-0.2, -0.15) is 0 Å². The van der Waals surface area contributed by atoms with Crippen LogP contribution in [0.3, 0.4) is 0 Å². The minimum atomic E-state index is 0.142. The van der Waals surface area contributed by atoms with Crippen LogP contribution in [0.5, 0.6) is 0 Å². The van der Waals surface area contributed by atoms with Crippen molar-refractivity contribution >= 4 is 17.1 Å². The average molecular weight is 230 g/mol. The van der Waals surface area contributed by atoms with E-state index in [9.17, 15) is 4.79 Å². The van der Waals surface area contributed by atoms with Crippen LogP contribution < -0.4 is 0 Å². The summed E-state index contributed by atoms with van der Waals surface area (Å²) in [5.41, 5.74) is 2.53. The Kier molecular flexibility index (Phi) is 3.20. The molecule has 0 aliphatic carbocycles. The van der Waals surface area contributed by atoms with E-state index in [4.69, 9.17) is 0 Å². The molecule has 0 atom stereocenters. The van der Waals surface area contributed by atoms with Crippen LogP contribution in [0.15, 0.2) is 36.4 Å². The molecule has 0 fully saturated rings. The Morgan fingerprint density at radius 1 is 1.25 bits per heavy atom. The lowest BCUT2D eigenvalue weighted by molar-refractivity contribution is 0.102. The first-order valence-corrected chi connectivity index (χ1v) is 6.22. The summed E-state index contributed by atoms with van der Waals surface area (Å²) in [6.45, 7) is 3.76. The number of hydrogen-bond acceptors (Lipinski definition) is 2. The molecule has 0 saturated heterocycles. The van der Waals surface area contributed by atoms with Crippen molar-refractivity contribution in [3.05, 3.63) is 46.8 Å². The Morgan fingerprint density at radius 2 is 2.06 bits per heavy atom. The van der Waals surface area contributed by atoms with E-state index in [0.29, 0.717) is 0 Å². The first kappa shape index (κ1) is 11.1. The zero-order valence-electron chi connectivity index (χ0n) is 9.49. The standard InChI is InChI=1S/C14H14OS/c1-3-11-5-4-6-12(9-11)14-8-7-13(16-14)10(2)15/h4-9H,3H2,1-2H3. The maximum absolute atomic E-state index is 11.2. The summed E-state index contributed by atoms with van der Waals surface area (Å²) in [4.78, 5) is 13.2. The monoisotopic (exact) mass is 230 g/mol. The third kappa shape index (κ3) is 2.22. The summed E-state index contributed by atoms with van der Waals surface area (Å²) in [6, 6.07) is 12.4. The van der Waals surface area contributed by atoms with Crippen LogP contribution in [-0.2, 0) is 6.42 Å². The number of benzene rings is 1. The molecule has 2 aromatic rings. The minimum absolute atomic E-state index is 0.142. The van der Waals surface area contributed by atoms with Crippen molar-refractivity contribution in [3.63, 3.8) is 0 Å². The van der Waals surface area contributed by atoms with Gasteiger partial charge in [0.2, 0.25) is 0 Å². The Balaban J connectivity index is 2.38. The molecular weight excluding hydrogens is 216 g/mol. The predicted molar refractivity (Wildman–Crippen MR) is 69.1 cm³/mol. The second-order valence-corrected chi connectivity index (χ2v) is 4.86. The molecular formula is C14H14OS. The van der Waals surface area contributed by atoms with Gasteiger partial charge in [0, 0.05) is 4.88 Å². The molecule has 1 heterocycles. The first-order valence-electron chi connectivity index (χ1n) is 5.41. The first-order chi connectivity index (χ1) is 7.70. The Hall–Kier alpha value is -1.41. The second-order valence-electron chi connectivity index (χ2n) is 3.77. The van der Waals surface area contributed by atoms with E-state index < -0.39 is 0 Å². The highest BCUT2D eigenvalue weighted by atomic mass is 32.1. The Morgan fingerprint density at radius 3 is 2.69 bits per heavy atom. The zero-order valence-corrected chi connectivity index (χ0v) is 10.3. The van der Waals surface area contributed by atoms with Crippen LogP contribution in [0, 0.1) is 0 Å². The lowest BCUT2D eigenvalue weighted by atomic mass is 10.1. The quantitative estimate of drug-likeness (QED) is 0.723. The molecule has 82 valence electrons. The largest absolute Gasteiger partial charge is 0.294 e. The van der Waals surface area contributed by atoms with E-state index in [1.807, 2.05) is 12.1 Å². The molecule has 0 unspecified atom stereocenters. The highest BCUT2D eigenvalue weighted by molar-refractivity contribution is 7.17. The topological polar surface area (TPSA) is 17.1 Å². The highest BCUT2D eigenvalue weighted by Gasteiger charge is 2.06. The number of hydrogen-bond donors (Lipinski definition) is 0. The average Bonchev–Trinajstić information content (AvgIpc) is 2.78. The van der Waals surface area contributed by atoms with Crippen LogP contribution in [-0.4, -0.2) is 5.78 Å². The molecule has 0 bridgehead atoms. The van der Waals surface area contributed by atoms with Gasteiger partial charge in [0.1, 0.15) is 0 Å². The summed E-state index contributed by atoms with van der Waals surface area (Å²) >= 11 is 1.56. The summed E-state index contributed by atoms with van der Waals surface area (Å²) in [5, 5.41) is 0. The van der Waals surface area contributed by atoms with Crippen molar-refractivity contribution in [2.24, 2.45) is 0 Å². The van der Waals surface area contributed by atoms with Crippen molar-refractivity contribution in [1.82, 2.24) is 0 Å². The molecule has 2 heteroatoms. The molecule has 1 nitrogen and oxygen atoms in total. The van der Waals surface area contributed by atoms with Crippen LogP contribution in [0.1, 0.15) is 29.1 Å². The minimum Gasteiger partial charge on any atom is -0.294 e. The number of thiophene rings is 1. The summed E-state index contributed by atoms with van der Waals surface area (Å²) in [6.07, 6.45) is 1.04. The maximum atomic E-state index is 11.2. The number of carbonyl (C=O) groups is 1. The van der Waals surface area contributed by atoms with E-state index in [-0.39, 0.29) is 5.78 Å². The van der Waals surface area contributed by atoms with Crippen molar-refractivity contribution < 1.29 is 4.79 Å². The Labute approximate surface area is 99.8 Å². The molecule has 1 aromatic carbocycles. The molecule has 0 saturated carbocycles. The fourth-order valence-corrected chi connectivity index (χ4v) is 2.52. The molecule has 0 aliphatic heterocycles. The van der Waals surface area contributed by atoms with Gasteiger partial charge in [0.05, 0.1) is 4.88 Å². The van der Waals surface area contributed by atoms with Gasteiger partial charge in [-0.05, 0) is 36.6 Å². The third-order valence-electron chi connectivity index (χ3n) is 2.57. The maximum Gasteiger partial charge on any atom is 0.169 e. The van der Waals surface area contributed by atoms with Gasteiger partial charge in [-0.1, -0.05) is 31.2 Å². The summed E-state index contributed by atoms with van der Waals surface area (Å²) in [7, 11) is 0. The van der Waals surface area contributed by atoms with E-state index in [1.165, 1.54) is 16.0 Å². The molecule has 0 spiro atoms. The summed E-state index contributed by atoms with van der Waals surface area (Å²) in [5.74, 6) is 0.142. The number of aryl methyl sites for hydroxylation is 1. The van der Waals surface area contributed by atoms with Crippen molar-refractivity contribution in [1.29, 1.82) is 0 Å². The van der Waals surface area contributed by atoms with E-state index >= 15 is 0 Å². The van der Waals surface area contributed by atoms with Crippen LogP contribution in [0.25, 0.3) is 10.4 Å². The third-order valence-corrected chi connectivity index (χ3v) is 3.81. The lowest BCUT2D eigenvalue weighted by Crippen LogP contribution is -1.83. The van der Waals surface area contributed by atoms with Crippen molar-refractivity contribution in [2.75, 3.05) is 0 Å². The SMILES string of the molecule is CCc1cccc(-c2ccc(C(C)=O)s2)c1. The number of carbonyl (C=O) groups excluding carboxylic acids is 1. The van der Waals surface area contributed by atoms with Gasteiger partial charge in [-0.15, -0.1) is 11.3 Å². The van der Waals surface area contributed by atoms with E-state index in [1.54, 1.807) is 18.3 Å². The Bertz CT molecular complexity index is 511. The van der Waals surface area contributed by atoms with Gasteiger partial charge in [0.15, 0.2) is 5.78 Å². The highest BCUT2D eigenvalue weighted by Crippen LogP contribution is 2.28. The van der Waals surface area contributed by atoms with Gasteiger partial charge >= 0.3 is 0 Å². The summed E-state index contributed by atoms with van der Waals surface area (Å²) < 4.78 is 0. The van der Waals surface area contributed by atoms with Crippen LogP contribution in [0.4, 0.5) is 0 Å². The molecule has 0 aliphatic rings. The lowest BCUT2D eigenvalue weighted by Gasteiger charge is -2.00. The zero-order chi connectivity index (χ0) is 11.5. The second kappa shape index (κ2) is 4.62. The molecule has 16 heavy (non-hydrogen) atoms. The molecule has 0 radical (unpaired) electrons. The van der Waals surface area contributed by atoms with E-state index in [2.05, 4.69) is 31.2 Å².